The molecule has 1 fully saturated rings. The van der Waals surface area contributed by atoms with Gasteiger partial charge in [0.15, 0.2) is 5.82 Å². The van der Waals surface area contributed by atoms with Gasteiger partial charge in [0.05, 0.1) is 23.1 Å². The zero-order valence-corrected chi connectivity index (χ0v) is 18.9. The molecule has 1 heterocycles. The van der Waals surface area contributed by atoms with Crippen molar-refractivity contribution < 1.29 is 19.4 Å². The van der Waals surface area contributed by atoms with Crippen LogP contribution in [0.15, 0.2) is 42.5 Å². The zero-order valence-electron chi connectivity index (χ0n) is 18.9. The van der Waals surface area contributed by atoms with Crippen LogP contribution in [-0.2, 0) is 21.5 Å². The molecule has 0 saturated heterocycles. The van der Waals surface area contributed by atoms with Crippen molar-refractivity contribution in [3.8, 4) is 0 Å². The maximum absolute atomic E-state index is 15.0. The summed E-state index contributed by atoms with van der Waals surface area (Å²) in [6, 6.07) is 12.0. The number of halogens is 1. The number of fused-ring (bicyclic) bond motifs is 1. The predicted molar refractivity (Wildman–Crippen MR) is 122 cm³/mol. The van der Waals surface area contributed by atoms with Gasteiger partial charge in [0.1, 0.15) is 5.52 Å². The van der Waals surface area contributed by atoms with E-state index in [1.165, 1.54) is 6.07 Å². The van der Waals surface area contributed by atoms with E-state index in [0.717, 1.165) is 19.3 Å². The van der Waals surface area contributed by atoms with Crippen LogP contribution in [-0.4, -0.2) is 25.7 Å². The highest BCUT2D eigenvalue weighted by molar-refractivity contribution is 5.92. The van der Waals surface area contributed by atoms with E-state index in [4.69, 9.17) is 0 Å². The average Bonchev–Trinajstić information content (AvgIpc) is 3.04. The second-order valence-electron chi connectivity index (χ2n) is 9.87. The summed E-state index contributed by atoms with van der Waals surface area (Å²) in [5.41, 5.74) is -1.13. The summed E-state index contributed by atoms with van der Waals surface area (Å²) in [7, 11) is 0. The molecule has 6 nitrogen and oxygen atoms in total. The molecule has 0 bridgehead atoms. The fraction of sp³-hybridized carbons (Fsp3) is 0.440. The van der Waals surface area contributed by atoms with Crippen molar-refractivity contribution in [3.05, 3.63) is 59.4 Å². The Morgan fingerprint density at radius 3 is 2.38 bits per heavy atom. The summed E-state index contributed by atoms with van der Waals surface area (Å²) in [5.74, 6) is -0.711. The first kappa shape index (κ1) is 22.4. The van der Waals surface area contributed by atoms with Gasteiger partial charge < -0.3 is 14.8 Å². The van der Waals surface area contributed by atoms with Gasteiger partial charge in [0.2, 0.25) is 11.9 Å². The van der Waals surface area contributed by atoms with Crippen molar-refractivity contribution in [3.63, 3.8) is 0 Å². The van der Waals surface area contributed by atoms with E-state index in [0.29, 0.717) is 16.6 Å². The van der Waals surface area contributed by atoms with Gasteiger partial charge in [-0.05, 0) is 70.2 Å². The molecule has 4 rings (SSSR count). The van der Waals surface area contributed by atoms with E-state index in [2.05, 4.69) is 17.2 Å². The topological polar surface area (TPSA) is 87.4 Å². The molecular formula is C25H30FN3O3. The van der Waals surface area contributed by atoms with Crippen LogP contribution in [0.2, 0.25) is 0 Å². The Hall–Kier alpha value is -2.77. The molecule has 1 aliphatic carbocycles. The van der Waals surface area contributed by atoms with Crippen LogP contribution in [0.4, 0.5) is 10.3 Å². The number of aromatic nitrogens is 2. The number of rotatable bonds is 6. The molecule has 0 spiro atoms. The molecule has 3 N–H and O–H groups in total. The van der Waals surface area contributed by atoms with Crippen molar-refractivity contribution in [2.45, 2.75) is 70.1 Å². The summed E-state index contributed by atoms with van der Waals surface area (Å²) >= 11 is 0. The van der Waals surface area contributed by atoms with Crippen molar-refractivity contribution >= 4 is 22.9 Å². The minimum absolute atomic E-state index is 0.149. The van der Waals surface area contributed by atoms with Crippen molar-refractivity contribution in [1.82, 2.24) is 9.55 Å². The van der Waals surface area contributed by atoms with Crippen LogP contribution in [0.3, 0.4) is 0 Å². The monoisotopic (exact) mass is 439 g/mol. The highest BCUT2D eigenvalue weighted by Gasteiger charge is 2.38. The molecule has 2 aromatic carbocycles. The van der Waals surface area contributed by atoms with Crippen LogP contribution in [0.5, 0.6) is 0 Å². The normalized spacial score (nSPS) is 17.6. The molecule has 1 aliphatic rings. The average molecular weight is 440 g/mol. The molecule has 32 heavy (non-hydrogen) atoms. The van der Waals surface area contributed by atoms with E-state index in [-0.39, 0.29) is 23.4 Å². The number of carbonyl (C=O) groups excluding carboxylic acids is 1. The van der Waals surface area contributed by atoms with Crippen molar-refractivity contribution in [2.75, 3.05) is 5.32 Å². The number of imidazole rings is 1. The molecule has 0 radical (unpaired) electrons. The second-order valence-corrected chi connectivity index (χ2v) is 9.87. The maximum Gasteiger partial charge on any atom is 0.229 e. The highest BCUT2D eigenvalue weighted by atomic mass is 19.1. The number of hydrogen-bond acceptors (Lipinski definition) is 4. The first-order valence-corrected chi connectivity index (χ1v) is 10.9. The van der Waals surface area contributed by atoms with Gasteiger partial charge >= 0.3 is 0 Å². The third-order valence-corrected chi connectivity index (χ3v) is 6.54. The minimum atomic E-state index is -1.36. The molecule has 7 heteroatoms. The summed E-state index contributed by atoms with van der Waals surface area (Å²) in [6.07, 6.45) is 2.60. The van der Waals surface area contributed by atoms with Gasteiger partial charge in [-0.25, -0.2) is 9.37 Å². The van der Waals surface area contributed by atoms with Crippen LogP contribution in [0.25, 0.3) is 11.0 Å². The predicted octanol–water partition coefficient (Wildman–Crippen LogP) is 4.54. The highest BCUT2D eigenvalue weighted by Crippen LogP contribution is 2.44. The fourth-order valence-corrected chi connectivity index (χ4v) is 4.41. The molecule has 1 atom stereocenters. The minimum Gasteiger partial charge on any atom is -0.386 e. The summed E-state index contributed by atoms with van der Waals surface area (Å²) < 4.78 is 16.8. The first-order chi connectivity index (χ1) is 14.9. The van der Waals surface area contributed by atoms with Gasteiger partial charge in [-0.1, -0.05) is 30.3 Å². The SMILES string of the molecule is CC(C)(O)c1cc(F)c2nc(NC(=O)C[C@](C)(O)c3ccccc3)n(C3(C)CCC3)c2c1. The molecule has 1 aromatic heterocycles. The lowest BCUT2D eigenvalue weighted by atomic mass is 9.78. The van der Waals surface area contributed by atoms with Crippen LogP contribution < -0.4 is 5.32 Å². The van der Waals surface area contributed by atoms with E-state index >= 15 is 0 Å². The number of nitrogens with one attached hydrogen (secondary N) is 1. The summed E-state index contributed by atoms with van der Waals surface area (Å²) in [6.45, 7) is 6.86. The molecule has 1 amide bonds. The van der Waals surface area contributed by atoms with E-state index < -0.39 is 22.9 Å². The zero-order chi connectivity index (χ0) is 23.3. The van der Waals surface area contributed by atoms with Gasteiger partial charge in [0.25, 0.3) is 0 Å². The molecule has 0 unspecified atom stereocenters. The lowest BCUT2D eigenvalue weighted by molar-refractivity contribution is -0.120. The summed E-state index contributed by atoms with van der Waals surface area (Å²) in [4.78, 5) is 17.3. The number of anilines is 1. The van der Waals surface area contributed by atoms with E-state index in [9.17, 15) is 19.4 Å². The smallest absolute Gasteiger partial charge is 0.229 e. The lowest BCUT2D eigenvalue weighted by Gasteiger charge is -2.41. The molecule has 1 saturated carbocycles. The van der Waals surface area contributed by atoms with Gasteiger partial charge in [0, 0.05) is 5.54 Å². The first-order valence-electron chi connectivity index (χ1n) is 10.9. The Labute approximate surface area is 187 Å². The Kier molecular flexibility index (Phi) is 5.38. The van der Waals surface area contributed by atoms with Gasteiger partial charge in [-0.15, -0.1) is 0 Å². The van der Waals surface area contributed by atoms with Crippen molar-refractivity contribution in [1.29, 1.82) is 0 Å². The lowest BCUT2D eigenvalue weighted by Crippen LogP contribution is -2.39. The van der Waals surface area contributed by atoms with Gasteiger partial charge in [-0.3, -0.25) is 10.1 Å². The fourth-order valence-electron chi connectivity index (χ4n) is 4.41. The van der Waals surface area contributed by atoms with Crippen LogP contribution >= 0.6 is 0 Å². The van der Waals surface area contributed by atoms with E-state index in [1.54, 1.807) is 39.0 Å². The molecule has 170 valence electrons. The third-order valence-electron chi connectivity index (χ3n) is 6.54. The number of nitrogens with zero attached hydrogens (tertiary/aromatic N) is 2. The number of hydrogen-bond donors (Lipinski definition) is 3. The number of carbonyl (C=O) groups is 1. The number of aliphatic hydroxyl groups is 2. The Morgan fingerprint density at radius 2 is 1.81 bits per heavy atom. The largest absolute Gasteiger partial charge is 0.386 e. The van der Waals surface area contributed by atoms with Crippen LogP contribution in [0.1, 0.15) is 64.5 Å². The quantitative estimate of drug-likeness (QED) is 0.526. The van der Waals surface area contributed by atoms with Crippen molar-refractivity contribution in [2.24, 2.45) is 0 Å². The van der Waals surface area contributed by atoms with Gasteiger partial charge in [-0.2, -0.15) is 0 Å². The Morgan fingerprint density at radius 1 is 1.16 bits per heavy atom. The second kappa shape index (κ2) is 7.67. The van der Waals surface area contributed by atoms with Crippen LogP contribution in [0, 0.1) is 5.82 Å². The molecule has 3 aromatic rings. The standard InChI is InChI=1S/C25H30FN3O3/c1-23(2,31)17-13-18(26)21-19(14-17)29(24(3)11-8-12-24)22(28-21)27-20(30)15-25(4,32)16-9-6-5-7-10-16/h5-7,9-10,13-14,31-32H,8,11-12,15H2,1-4H3,(H,27,28,30)/t25-/m0/s1. The maximum atomic E-state index is 15.0. The molecular weight excluding hydrogens is 409 g/mol. The Bertz CT molecular complexity index is 1160. The number of amides is 1. The summed E-state index contributed by atoms with van der Waals surface area (Å²) in [5, 5.41) is 24.1. The Balaban J connectivity index is 1.73. The number of benzene rings is 2. The molecule has 0 aliphatic heterocycles. The third kappa shape index (κ3) is 4.02. The van der Waals surface area contributed by atoms with E-state index in [1.807, 2.05) is 22.8 Å².